The molecule has 0 spiro atoms. The Hall–Kier alpha value is -0.860. The zero-order valence-corrected chi connectivity index (χ0v) is 3.81. The molecule has 0 rings (SSSR count). The molecule has 0 fully saturated rings. The van der Waals surface area contributed by atoms with Gasteiger partial charge in [0.2, 0.25) is 0 Å². The highest BCUT2D eigenvalue weighted by atomic mass is 19.1. The van der Waals surface area contributed by atoms with Crippen LogP contribution in [0, 0.1) is 0 Å². The van der Waals surface area contributed by atoms with E-state index < -0.39 is 11.6 Å². The number of hydrogen-bond acceptors (Lipinski definition) is 2. The van der Waals surface area contributed by atoms with Gasteiger partial charge in [0.25, 0.3) is 0 Å². The zero-order valence-electron chi connectivity index (χ0n) is 3.81. The first-order chi connectivity index (χ1) is 3.18. The third-order valence-electron chi connectivity index (χ3n) is 0.450. The maximum Gasteiger partial charge on any atom is 0.199 e. The standard InChI is InChI=1S/C4H5FO2/c1-3(7)4(5)2-6/h2,6H,1H3/b4-2+. The molecule has 0 aromatic rings. The van der Waals surface area contributed by atoms with Crippen molar-refractivity contribution in [1.82, 2.24) is 0 Å². The first-order valence-electron chi connectivity index (χ1n) is 1.69. The van der Waals surface area contributed by atoms with Crippen molar-refractivity contribution in [3.05, 3.63) is 12.1 Å². The third-order valence-corrected chi connectivity index (χ3v) is 0.450. The second-order valence-corrected chi connectivity index (χ2v) is 1.03. The molecule has 0 bridgehead atoms. The Balaban J connectivity index is 3.82. The van der Waals surface area contributed by atoms with Crippen LogP contribution in [0.4, 0.5) is 4.39 Å². The predicted molar refractivity (Wildman–Crippen MR) is 22.5 cm³/mol. The van der Waals surface area contributed by atoms with E-state index in [0.717, 1.165) is 6.92 Å². The van der Waals surface area contributed by atoms with Crippen LogP contribution in [-0.4, -0.2) is 10.9 Å². The van der Waals surface area contributed by atoms with Crippen LogP contribution in [0.2, 0.25) is 0 Å². The van der Waals surface area contributed by atoms with E-state index in [1.54, 1.807) is 0 Å². The monoisotopic (exact) mass is 104 g/mol. The number of allylic oxidation sites excluding steroid dienone is 1. The van der Waals surface area contributed by atoms with Crippen LogP contribution in [0.25, 0.3) is 0 Å². The molecular weight excluding hydrogens is 99.0 g/mol. The lowest BCUT2D eigenvalue weighted by Gasteiger charge is -1.79. The second-order valence-electron chi connectivity index (χ2n) is 1.03. The summed E-state index contributed by atoms with van der Waals surface area (Å²) in [5.41, 5.74) is 0. The number of aliphatic hydroxyl groups is 1. The molecule has 0 saturated carbocycles. The number of hydrogen-bond donors (Lipinski definition) is 1. The quantitative estimate of drug-likeness (QED) is 0.397. The van der Waals surface area contributed by atoms with Crippen LogP contribution < -0.4 is 0 Å². The molecule has 0 radical (unpaired) electrons. The summed E-state index contributed by atoms with van der Waals surface area (Å²) in [6, 6.07) is 0. The van der Waals surface area contributed by atoms with Gasteiger partial charge in [-0.25, -0.2) is 0 Å². The molecule has 0 aromatic carbocycles. The Morgan fingerprint density at radius 1 is 1.86 bits per heavy atom. The molecule has 0 aliphatic heterocycles. The molecule has 0 unspecified atom stereocenters. The summed E-state index contributed by atoms with van der Waals surface area (Å²) in [5, 5.41) is 7.75. The molecule has 0 atom stereocenters. The Morgan fingerprint density at radius 3 is 2.29 bits per heavy atom. The minimum atomic E-state index is -1.11. The lowest BCUT2D eigenvalue weighted by Crippen LogP contribution is -1.87. The molecule has 0 aliphatic rings. The highest BCUT2D eigenvalue weighted by molar-refractivity contribution is 5.90. The minimum absolute atomic E-state index is 0.141. The number of carbonyl (C=O) groups is 1. The van der Waals surface area contributed by atoms with Crippen molar-refractivity contribution < 1.29 is 14.3 Å². The third kappa shape index (κ3) is 1.92. The van der Waals surface area contributed by atoms with Gasteiger partial charge in [0.15, 0.2) is 11.6 Å². The molecule has 2 nitrogen and oxygen atoms in total. The van der Waals surface area contributed by atoms with Crippen molar-refractivity contribution in [2.75, 3.05) is 0 Å². The average Bonchev–Trinajstić information content (AvgIpc) is 1.65. The highest BCUT2D eigenvalue weighted by Gasteiger charge is 1.97. The SMILES string of the molecule is CC(=O)/C(F)=C\O. The van der Waals surface area contributed by atoms with Crippen LogP contribution in [-0.2, 0) is 4.79 Å². The maximum absolute atomic E-state index is 11.5. The van der Waals surface area contributed by atoms with E-state index in [9.17, 15) is 9.18 Å². The van der Waals surface area contributed by atoms with E-state index >= 15 is 0 Å². The Labute approximate surface area is 40.3 Å². The molecule has 40 valence electrons. The normalized spacial score (nSPS) is 11.4. The van der Waals surface area contributed by atoms with E-state index in [4.69, 9.17) is 5.11 Å². The van der Waals surface area contributed by atoms with E-state index in [1.165, 1.54) is 0 Å². The number of aliphatic hydroxyl groups excluding tert-OH is 1. The number of Topliss-reactive ketones (excluding diaryl/α,β-unsaturated/α-hetero) is 1. The second kappa shape index (κ2) is 2.34. The van der Waals surface area contributed by atoms with Crippen molar-refractivity contribution in [1.29, 1.82) is 0 Å². The smallest absolute Gasteiger partial charge is 0.199 e. The lowest BCUT2D eigenvalue weighted by atomic mass is 10.4. The molecule has 7 heavy (non-hydrogen) atoms. The van der Waals surface area contributed by atoms with Gasteiger partial charge in [-0.3, -0.25) is 4.79 Å². The van der Waals surface area contributed by atoms with Gasteiger partial charge in [-0.05, 0) is 0 Å². The summed E-state index contributed by atoms with van der Waals surface area (Å²) < 4.78 is 11.5. The van der Waals surface area contributed by atoms with Gasteiger partial charge in [0.05, 0.1) is 0 Å². The average molecular weight is 104 g/mol. The summed E-state index contributed by atoms with van der Waals surface area (Å²) in [5.74, 6) is -1.87. The molecule has 0 aromatic heterocycles. The fourth-order valence-corrected chi connectivity index (χ4v) is 0.0909. The zero-order chi connectivity index (χ0) is 5.86. The van der Waals surface area contributed by atoms with Gasteiger partial charge in [-0.15, -0.1) is 0 Å². The van der Waals surface area contributed by atoms with Crippen LogP contribution in [0.5, 0.6) is 0 Å². The maximum atomic E-state index is 11.5. The van der Waals surface area contributed by atoms with Crippen LogP contribution in [0.3, 0.4) is 0 Å². The molecule has 0 heterocycles. The first kappa shape index (κ1) is 6.14. The largest absolute Gasteiger partial charge is 0.512 e. The Morgan fingerprint density at radius 2 is 2.29 bits per heavy atom. The lowest BCUT2D eigenvalue weighted by molar-refractivity contribution is -0.115. The molecule has 0 aliphatic carbocycles. The highest BCUT2D eigenvalue weighted by Crippen LogP contribution is 1.92. The Bertz CT molecular complexity index is 106. The predicted octanol–water partition coefficient (Wildman–Crippen LogP) is 0.944. The van der Waals surface area contributed by atoms with Crippen LogP contribution in [0.1, 0.15) is 6.92 Å². The molecule has 1 N–H and O–H groups in total. The van der Waals surface area contributed by atoms with E-state index in [2.05, 4.69) is 0 Å². The number of carbonyl (C=O) groups excluding carboxylic acids is 1. The van der Waals surface area contributed by atoms with E-state index in [0.29, 0.717) is 0 Å². The van der Waals surface area contributed by atoms with Crippen molar-refractivity contribution in [2.45, 2.75) is 6.92 Å². The van der Waals surface area contributed by atoms with Crippen molar-refractivity contribution in [3.8, 4) is 0 Å². The number of halogens is 1. The van der Waals surface area contributed by atoms with Gasteiger partial charge < -0.3 is 5.11 Å². The van der Waals surface area contributed by atoms with E-state index in [-0.39, 0.29) is 6.26 Å². The summed E-state index contributed by atoms with van der Waals surface area (Å²) >= 11 is 0. The summed E-state index contributed by atoms with van der Waals surface area (Å²) in [4.78, 5) is 9.77. The topological polar surface area (TPSA) is 37.3 Å². The number of rotatable bonds is 1. The Kier molecular flexibility index (Phi) is 2.05. The van der Waals surface area contributed by atoms with Gasteiger partial charge >= 0.3 is 0 Å². The summed E-state index contributed by atoms with van der Waals surface area (Å²) in [6.45, 7) is 1.03. The van der Waals surface area contributed by atoms with Gasteiger partial charge in [0.1, 0.15) is 6.26 Å². The minimum Gasteiger partial charge on any atom is -0.512 e. The molecule has 0 saturated heterocycles. The number of ketones is 1. The van der Waals surface area contributed by atoms with Crippen LogP contribution in [0.15, 0.2) is 12.1 Å². The van der Waals surface area contributed by atoms with Gasteiger partial charge in [-0.2, -0.15) is 4.39 Å². The fourth-order valence-electron chi connectivity index (χ4n) is 0.0909. The summed E-state index contributed by atoms with van der Waals surface area (Å²) in [6.07, 6.45) is 0.141. The van der Waals surface area contributed by atoms with Crippen molar-refractivity contribution in [2.24, 2.45) is 0 Å². The van der Waals surface area contributed by atoms with Crippen LogP contribution >= 0.6 is 0 Å². The summed E-state index contributed by atoms with van der Waals surface area (Å²) in [7, 11) is 0. The molecule has 3 heteroatoms. The molecular formula is C4H5FO2. The first-order valence-corrected chi connectivity index (χ1v) is 1.69. The van der Waals surface area contributed by atoms with Gasteiger partial charge in [-0.1, -0.05) is 0 Å². The van der Waals surface area contributed by atoms with Gasteiger partial charge in [0, 0.05) is 6.92 Å². The van der Waals surface area contributed by atoms with Crippen molar-refractivity contribution in [3.63, 3.8) is 0 Å². The van der Waals surface area contributed by atoms with E-state index in [1.807, 2.05) is 0 Å². The fraction of sp³-hybridized carbons (Fsp3) is 0.250. The van der Waals surface area contributed by atoms with Crippen molar-refractivity contribution >= 4 is 5.78 Å². The molecule has 0 amide bonds.